The van der Waals surface area contributed by atoms with E-state index in [2.05, 4.69) is 21.5 Å². The standard InChI is InChI=1S/C7H11N3O2S/c1-2-3-13(11,12)10-6-7-4-8-9-5-7/h2,4-5,10H,1,3,6H2,(H,8,9). The summed E-state index contributed by atoms with van der Waals surface area (Å²) < 4.78 is 24.6. The van der Waals surface area contributed by atoms with Crippen LogP contribution in [0.25, 0.3) is 0 Å². The van der Waals surface area contributed by atoms with Crippen LogP contribution in [0.2, 0.25) is 0 Å². The van der Waals surface area contributed by atoms with E-state index >= 15 is 0 Å². The molecule has 0 amide bonds. The molecule has 1 aromatic rings. The number of sulfonamides is 1. The number of nitrogens with zero attached hydrogens (tertiary/aromatic N) is 1. The summed E-state index contributed by atoms with van der Waals surface area (Å²) in [5.41, 5.74) is 0.799. The highest BCUT2D eigenvalue weighted by Gasteiger charge is 2.06. The molecule has 5 nitrogen and oxygen atoms in total. The number of aromatic nitrogens is 2. The molecule has 72 valence electrons. The number of rotatable bonds is 5. The van der Waals surface area contributed by atoms with Gasteiger partial charge >= 0.3 is 0 Å². The van der Waals surface area contributed by atoms with Crippen LogP contribution in [0.15, 0.2) is 25.0 Å². The summed E-state index contributed by atoms with van der Waals surface area (Å²) in [6.45, 7) is 3.61. The average molecular weight is 201 g/mol. The summed E-state index contributed by atoms with van der Waals surface area (Å²) in [7, 11) is -3.22. The molecule has 0 spiro atoms. The summed E-state index contributed by atoms with van der Waals surface area (Å²) in [6.07, 6.45) is 4.55. The largest absolute Gasteiger partial charge is 0.285 e. The first-order valence-electron chi connectivity index (χ1n) is 3.70. The zero-order chi connectivity index (χ0) is 9.73. The monoisotopic (exact) mass is 201 g/mol. The fourth-order valence-corrected chi connectivity index (χ4v) is 1.60. The number of H-pyrrole nitrogens is 1. The molecule has 0 aromatic carbocycles. The first kappa shape index (κ1) is 9.94. The van der Waals surface area contributed by atoms with Gasteiger partial charge in [-0.2, -0.15) is 5.10 Å². The molecule has 0 aliphatic carbocycles. The van der Waals surface area contributed by atoms with Crippen LogP contribution < -0.4 is 4.72 Å². The van der Waals surface area contributed by atoms with Gasteiger partial charge in [0.15, 0.2) is 0 Å². The topological polar surface area (TPSA) is 74.8 Å². The maximum Gasteiger partial charge on any atom is 0.215 e. The highest BCUT2D eigenvalue weighted by molar-refractivity contribution is 7.89. The Labute approximate surface area is 76.9 Å². The Morgan fingerprint density at radius 2 is 2.46 bits per heavy atom. The Morgan fingerprint density at radius 3 is 3.00 bits per heavy atom. The van der Waals surface area contributed by atoms with Gasteiger partial charge < -0.3 is 0 Å². The zero-order valence-corrected chi connectivity index (χ0v) is 7.84. The van der Waals surface area contributed by atoms with Crippen molar-refractivity contribution in [3.05, 3.63) is 30.6 Å². The Hall–Kier alpha value is -1.14. The molecule has 0 aliphatic heterocycles. The van der Waals surface area contributed by atoms with E-state index in [0.717, 1.165) is 5.56 Å². The molecule has 0 unspecified atom stereocenters. The number of hydrogen-bond acceptors (Lipinski definition) is 3. The fourth-order valence-electron chi connectivity index (χ4n) is 0.782. The first-order chi connectivity index (χ1) is 6.14. The van der Waals surface area contributed by atoms with Crippen LogP contribution in [0.5, 0.6) is 0 Å². The van der Waals surface area contributed by atoms with Crippen molar-refractivity contribution < 1.29 is 8.42 Å². The number of aromatic amines is 1. The van der Waals surface area contributed by atoms with E-state index in [1.807, 2.05) is 0 Å². The molecule has 0 saturated carbocycles. The lowest BCUT2D eigenvalue weighted by molar-refractivity contribution is 0.584. The summed E-state index contributed by atoms with van der Waals surface area (Å²) in [5, 5.41) is 6.28. The number of nitrogens with one attached hydrogen (secondary N) is 2. The molecule has 0 bridgehead atoms. The predicted octanol–water partition coefficient (Wildman–Crippen LogP) is 0.0151. The quantitative estimate of drug-likeness (QED) is 0.659. The van der Waals surface area contributed by atoms with Crippen molar-refractivity contribution in [3.8, 4) is 0 Å². The van der Waals surface area contributed by atoms with Crippen molar-refractivity contribution in [1.29, 1.82) is 0 Å². The molecule has 1 aromatic heterocycles. The van der Waals surface area contributed by atoms with E-state index in [-0.39, 0.29) is 12.3 Å². The second-order valence-corrected chi connectivity index (χ2v) is 4.35. The van der Waals surface area contributed by atoms with Crippen LogP contribution in [-0.4, -0.2) is 24.4 Å². The van der Waals surface area contributed by atoms with Gasteiger partial charge in [-0.3, -0.25) is 5.10 Å². The molecule has 2 N–H and O–H groups in total. The highest BCUT2D eigenvalue weighted by Crippen LogP contribution is 1.94. The third-order valence-corrected chi connectivity index (χ3v) is 2.65. The SMILES string of the molecule is C=CCS(=O)(=O)NCc1cn[nH]c1. The molecule has 13 heavy (non-hydrogen) atoms. The van der Waals surface area contributed by atoms with Gasteiger partial charge in [-0.05, 0) is 0 Å². The molecule has 6 heteroatoms. The van der Waals surface area contributed by atoms with Crippen LogP contribution in [0, 0.1) is 0 Å². The van der Waals surface area contributed by atoms with Crippen molar-refractivity contribution in [1.82, 2.24) is 14.9 Å². The van der Waals surface area contributed by atoms with Crippen LogP contribution >= 0.6 is 0 Å². The Kier molecular flexibility index (Phi) is 3.21. The lowest BCUT2D eigenvalue weighted by Crippen LogP contribution is -2.24. The molecule has 0 radical (unpaired) electrons. The van der Waals surface area contributed by atoms with E-state index < -0.39 is 10.0 Å². The molecule has 0 saturated heterocycles. The highest BCUT2D eigenvalue weighted by atomic mass is 32.2. The van der Waals surface area contributed by atoms with Gasteiger partial charge in [0.05, 0.1) is 11.9 Å². The summed E-state index contributed by atoms with van der Waals surface area (Å²) in [5.74, 6) is -0.0646. The van der Waals surface area contributed by atoms with Crippen molar-refractivity contribution in [2.75, 3.05) is 5.75 Å². The average Bonchev–Trinajstić information content (AvgIpc) is 2.52. The smallest absolute Gasteiger partial charge is 0.215 e. The van der Waals surface area contributed by atoms with Crippen LogP contribution in [0.4, 0.5) is 0 Å². The van der Waals surface area contributed by atoms with Crippen molar-refractivity contribution >= 4 is 10.0 Å². The van der Waals surface area contributed by atoms with E-state index in [1.54, 1.807) is 12.4 Å². The van der Waals surface area contributed by atoms with Crippen molar-refractivity contribution in [2.24, 2.45) is 0 Å². The molecule has 0 fully saturated rings. The summed E-state index contributed by atoms with van der Waals surface area (Å²) >= 11 is 0. The normalized spacial score (nSPS) is 11.4. The maximum atomic E-state index is 11.1. The maximum absolute atomic E-state index is 11.1. The molecule has 0 atom stereocenters. The van der Waals surface area contributed by atoms with Gasteiger partial charge in [-0.15, -0.1) is 6.58 Å². The summed E-state index contributed by atoms with van der Waals surface area (Å²) in [6, 6.07) is 0. The van der Waals surface area contributed by atoms with Crippen LogP contribution in [-0.2, 0) is 16.6 Å². The molecule has 0 aliphatic rings. The zero-order valence-electron chi connectivity index (χ0n) is 7.03. The minimum atomic E-state index is -3.22. The molecular formula is C7H11N3O2S. The summed E-state index contributed by atoms with van der Waals surface area (Å²) in [4.78, 5) is 0. The van der Waals surface area contributed by atoms with E-state index in [1.165, 1.54) is 6.08 Å². The second-order valence-electron chi connectivity index (χ2n) is 2.50. The molecule has 1 heterocycles. The second kappa shape index (κ2) is 4.20. The third-order valence-electron chi connectivity index (χ3n) is 1.39. The predicted molar refractivity (Wildman–Crippen MR) is 49.4 cm³/mol. The third kappa shape index (κ3) is 3.39. The Bertz CT molecular complexity index is 355. The van der Waals surface area contributed by atoms with Gasteiger partial charge in [0.1, 0.15) is 0 Å². The van der Waals surface area contributed by atoms with Crippen LogP contribution in [0.1, 0.15) is 5.56 Å². The Morgan fingerprint density at radius 1 is 1.69 bits per heavy atom. The van der Waals surface area contributed by atoms with E-state index in [9.17, 15) is 8.42 Å². The van der Waals surface area contributed by atoms with Crippen molar-refractivity contribution in [3.63, 3.8) is 0 Å². The van der Waals surface area contributed by atoms with Gasteiger partial charge in [0, 0.05) is 18.3 Å². The van der Waals surface area contributed by atoms with Gasteiger partial charge in [0.2, 0.25) is 10.0 Å². The minimum absolute atomic E-state index is 0.0646. The molecular weight excluding hydrogens is 190 g/mol. The van der Waals surface area contributed by atoms with E-state index in [0.29, 0.717) is 0 Å². The van der Waals surface area contributed by atoms with Gasteiger partial charge in [-0.1, -0.05) is 6.08 Å². The van der Waals surface area contributed by atoms with Crippen molar-refractivity contribution in [2.45, 2.75) is 6.54 Å². The lowest BCUT2D eigenvalue weighted by Gasteiger charge is -2.01. The van der Waals surface area contributed by atoms with Gasteiger partial charge in [0.25, 0.3) is 0 Å². The lowest BCUT2D eigenvalue weighted by atomic mass is 10.4. The Balaban J connectivity index is 2.47. The number of hydrogen-bond donors (Lipinski definition) is 2. The van der Waals surface area contributed by atoms with Crippen LogP contribution in [0.3, 0.4) is 0 Å². The first-order valence-corrected chi connectivity index (χ1v) is 5.35. The van der Waals surface area contributed by atoms with E-state index in [4.69, 9.17) is 0 Å². The fraction of sp³-hybridized carbons (Fsp3) is 0.286. The molecule has 1 rings (SSSR count). The minimum Gasteiger partial charge on any atom is -0.285 e. The van der Waals surface area contributed by atoms with Gasteiger partial charge in [-0.25, -0.2) is 13.1 Å².